The Bertz CT molecular complexity index is 505. The second-order valence-corrected chi connectivity index (χ2v) is 4.79. The predicted molar refractivity (Wildman–Crippen MR) is 76.9 cm³/mol. The Balaban J connectivity index is 2.04. The summed E-state index contributed by atoms with van der Waals surface area (Å²) in [5, 5.41) is 9.67. The quantitative estimate of drug-likeness (QED) is 0.824. The minimum absolute atomic E-state index is 0.144. The van der Waals surface area contributed by atoms with Gasteiger partial charge in [-0.1, -0.05) is 41.9 Å². The zero-order valence-electron chi connectivity index (χ0n) is 10.7. The molecule has 0 bridgehead atoms. The van der Waals surface area contributed by atoms with Crippen LogP contribution in [0, 0.1) is 0 Å². The Labute approximate surface area is 118 Å². The zero-order valence-corrected chi connectivity index (χ0v) is 11.4. The van der Waals surface area contributed by atoms with Gasteiger partial charge in [0.25, 0.3) is 0 Å². The van der Waals surface area contributed by atoms with Crippen LogP contribution in [-0.4, -0.2) is 28.1 Å². The van der Waals surface area contributed by atoms with Crippen LogP contribution in [-0.2, 0) is 13.1 Å². The molecule has 1 aromatic carbocycles. The van der Waals surface area contributed by atoms with Crippen LogP contribution in [0.15, 0.2) is 48.7 Å². The van der Waals surface area contributed by atoms with Crippen molar-refractivity contribution in [1.29, 1.82) is 0 Å². The van der Waals surface area contributed by atoms with Crippen LogP contribution < -0.4 is 0 Å². The molecule has 0 amide bonds. The number of hydrogen-bond acceptors (Lipinski definition) is 3. The summed E-state index contributed by atoms with van der Waals surface area (Å²) >= 11 is 5.89. The minimum Gasteiger partial charge on any atom is -0.395 e. The minimum atomic E-state index is 0.144. The number of aliphatic hydroxyl groups is 1. The van der Waals surface area contributed by atoms with Crippen molar-refractivity contribution in [2.75, 3.05) is 13.2 Å². The van der Waals surface area contributed by atoms with Crippen LogP contribution in [0.5, 0.6) is 0 Å². The first kappa shape index (κ1) is 14.0. The molecule has 4 heteroatoms. The molecule has 0 spiro atoms. The van der Waals surface area contributed by atoms with Crippen LogP contribution in [0.4, 0.5) is 0 Å². The van der Waals surface area contributed by atoms with Gasteiger partial charge < -0.3 is 5.11 Å². The van der Waals surface area contributed by atoms with Gasteiger partial charge in [0.1, 0.15) is 5.15 Å². The molecule has 1 N–H and O–H groups in total. The number of pyridine rings is 1. The molecule has 1 aromatic heterocycles. The molecular formula is C15H17ClN2O. The summed E-state index contributed by atoms with van der Waals surface area (Å²) in [6, 6.07) is 14.0. The maximum absolute atomic E-state index is 9.17. The Morgan fingerprint density at radius 1 is 1.05 bits per heavy atom. The van der Waals surface area contributed by atoms with Gasteiger partial charge in [-0.2, -0.15) is 0 Å². The molecule has 0 unspecified atom stereocenters. The van der Waals surface area contributed by atoms with Crippen molar-refractivity contribution in [3.63, 3.8) is 0 Å². The maximum Gasteiger partial charge on any atom is 0.129 e. The first-order valence-corrected chi connectivity index (χ1v) is 6.63. The highest BCUT2D eigenvalue weighted by Crippen LogP contribution is 2.12. The number of halogens is 1. The summed E-state index contributed by atoms with van der Waals surface area (Å²) in [6.07, 6.45) is 1.71. The third kappa shape index (κ3) is 4.63. The summed E-state index contributed by atoms with van der Waals surface area (Å²) < 4.78 is 0. The number of rotatable bonds is 6. The Morgan fingerprint density at radius 2 is 1.79 bits per heavy atom. The van der Waals surface area contributed by atoms with Crippen molar-refractivity contribution in [3.05, 3.63) is 64.9 Å². The summed E-state index contributed by atoms with van der Waals surface area (Å²) in [5.41, 5.74) is 2.33. The first-order valence-electron chi connectivity index (χ1n) is 6.25. The topological polar surface area (TPSA) is 36.4 Å². The van der Waals surface area contributed by atoms with E-state index in [2.05, 4.69) is 22.0 Å². The van der Waals surface area contributed by atoms with E-state index in [1.54, 1.807) is 6.20 Å². The third-order valence-corrected chi connectivity index (χ3v) is 3.07. The van der Waals surface area contributed by atoms with Crippen LogP contribution in [0.1, 0.15) is 11.1 Å². The van der Waals surface area contributed by atoms with Crippen LogP contribution >= 0.6 is 11.6 Å². The molecule has 1 heterocycles. The second kappa shape index (κ2) is 7.24. The lowest BCUT2D eigenvalue weighted by molar-refractivity contribution is 0.184. The van der Waals surface area contributed by atoms with E-state index in [4.69, 9.17) is 16.7 Å². The highest BCUT2D eigenvalue weighted by atomic mass is 35.5. The number of hydrogen-bond donors (Lipinski definition) is 1. The highest BCUT2D eigenvalue weighted by molar-refractivity contribution is 6.29. The third-order valence-electron chi connectivity index (χ3n) is 2.86. The highest BCUT2D eigenvalue weighted by Gasteiger charge is 2.07. The van der Waals surface area contributed by atoms with Gasteiger partial charge in [-0.3, -0.25) is 4.90 Å². The number of aliphatic hydroxyl groups excluding tert-OH is 1. The van der Waals surface area contributed by atoms with Crippen molar-refractivity contribution < 1.29 is 5.11 Å². The lowest BCUT2D eigenvalue weighted by Gasteiger charge is -2.21. The molecule has 0 saturated heterocycles. The average Bonchev–Trinajstić information content (AvgIpc) is 2.40. The van der Waals surface area contributed by atoms with E-state index in [0.717, 1.165) is 18.7 Å². The molecule has 0 saturated carbocycles. The van der Waals surface area contributed by atoms with Crippen LogP contribution in [0.2, 0.25) is 5.15 Å². The van der Waals surface area contributed by atoms with Crippen molar-refractivity contribution in [2.45, 2.75) is 13.1 Å². The molecule has 2 rings (SSSR count). The van der Waals surface area contributed by atoms with Gasteiger partial charge in [0.05, 0.1) is 6.61 Å². The first-order chi connectivity index (χ1) is 9.28. The molecule has 0 radical (unpaired) electrons. The molecule has 3 nitrogen and oxygen atoms in total. The molecular weight excluding hydrogens is 260 g/mol. The molecule has 0 aliphatic rings. The lowest BCUT2D eigenvalue weighted by atomic mass is 10.2. The Morgan fingerprint density at radius 3 is 2.47 bits per heavy atom. The van der Waals surface area contributed by atoms with Gasteiger partial charge >= 0.3 is 0 Å². The predicted octanol–water partition coefficient (Wildman–Crippen LogP) is 2.73. The fraction of sp³-hybridized carbons (Fsp3) is 0.267. The van der Waals surface area contributed by atoms with Crippen molar-refractivity contribution in [3.8, 4) is 0 Å². The normalized spacial score (nSPS) is 10.9. The van der Waals surface area contributed by atoms with Crippen LogP contribution in [0.3, 0.4) is 0 Å². The standard InChI is InChI=1S/C15H17ClN2O/c16-15-10-14(6-7-17-15)12-18(8-9-19)11-13-4-2-1-3-5-13/h1-7,10,19H,8-9,11-12H2. The average molecular weight is 277 g/mol. The lowest BCUT2D eigenvalue weighted by Crippen LogP contribution is -2.26. The van der Waals surface area contributed by atoms with E-state index in [1.165, 1.54) is 5.56 Å². The fourth-order valence-corrected chi connectivity index (χ4v) is 2.19. The largest absolute Gasteiger partial charge is 0.395 e. The van der Waals surface area contributed by atoms with Crippen LogP contribution in [0.25, 0.3) is 0 Å². The SMILES string of the molecule is OCCN(Cc1ccccc1)Cc1ccnc(Cl)c1. The van der Waals surface area contributed by atoms with E-state index in [9.17, 15) is 0 Å². The summed E-state index contributed by atoms with van der Waals surface area (Å²) in [4.78, 5) is 6.16. The van der Waals surface area contributed by atoms with E-state index in [1.807, 2.05) is 30.3 Å². The molecule has 100 valence electrons. The molecule has 0 fully saturated rings. The summed E-state index contributed by atoms with van der Waals surface area (Å²) in [6.45, 7) is 2.33. The molecule has 0 aliphatic carbocycles. The summed E-state index contributed by atoms with van der Waals surface area (Å²) in [5.74, 6) is 0. The zero-order chi connectivity index (χ0) is 13.5. The van der Waals surface area contributed by atoms with Crippen molar-refractivity contribution in [2.24, 2.45) is 0 Å². The molecule has 0 atom stereocenters. The van der Waals surface area contributed by atoms with E-state index >= 15 is 0 Å². The number of benzene rings is 1. The van der Waals surface area contributed by atoms with Gasteiger partial charge in [-0.05, 0) is 23.3 Å². The van der Waals surface area contributed by atoms with E-state index in [-0.39, 0.29) is 6.61 Å². The fourth-order valence-electron chi connectivity index (χ4n) is 2.00. The molecule has 19 heavy (non-hydrogen) atoms. The number of aromatic nitrogens is 1. The van der Waals surface area contributed by atoms with E-state index < -0.39 is 0 Å². The summed E-state index contributed by atoms with van der Waals surface area (Å²) in [7, 11) is 0. The van der Waals surface area contributed by atoms with Gasteiger partial charge in [-0.15, -0.1) is 0 Å². The van der Waals surface area contributed by atoms with E-state index in [0.29, 0.717) is 11.7 Å². The maximum atomic E-state index is 9.17. The second-order valence-electron chi connectivity index (χ2n) is 4.41. The smallest absolute Gasteiger partial charge is 0.129 e. The monoisotopic (exact) mass is 276 g/mol. The van der Waals surface area contributed by atoms with Gasteiger partial charge in [-0.25, -0.2) is 4.98 Å². The van der Waals surface area contributed by atoms with Gasteiger partial charge in [0.15, 0.2) is 0 Å². The van der Waals surface area contributed by atoms with Gasteiger partial charge in [0, 0.05) is 25.8 Å². The van der Waals surface area contributed by atoms with Crippen molar-refractivity contribution in [1.82, 2.24) is 9.88 Å². The molecule has 0 aliphatic heterocycles. The van der Waals surface area contributed by atoms with Gasteiger partial charge in [0.2, 0.25) is 0 Å². The van der Waals surface area contributed by atoms with Crippen molar-refractivity contribution >= 4 is 11.6 Å². The molecule has 2 aromatic rings. The number of nitrogens with zero attached hydrogens (tertiary/aromatic N) is 2. The Hall–Kier alpha value is -1.42. The Kier molecular flexibility index (Phi) is 5.33.